The molecule has 0 aliphatic carbocycles. The van der Waals surface area contributed by atoms with Gasteiger partial charge in [0.15, 0.2) is 10.4 Å². The number of hydrogen-bond acceptors (Lipinski definition) is 3. The van der Waals surface area contributed by atoms with Crippen LogP contribution in [0.2, 0.25) is 0 Å². The maximum Gasteiger partial charge on any atom is 0.179 e. The molecule has 2 aromatic rings. The Morgan fingerprint density at radius 2 is 2.26 bits per heavy atom. The second-order valence-electron chi connectivity index (χ2n) is 5.69. The molecule has 2 aromatic heterocycles. The zero-order chi connectivity index (χ0) is 13.6. The quantitative estimate of drug-likeness (QED) is 0.813. The Morgan fingerprint density at radius 3 is 3.00 bits per heavy atom. The molecular formula is C14H20N4S. The number of rotatable bonds is 1. The third kappa shape index (κ3) is 2.21. The number of nitrogens with zero attached hydrogens (tertiary/aromatic N) is 3. The van der Waals surface area contributed by atoms with Gasteiger partial charge in [0.05, 0.1) is 5.52 Å². The van der Waals surface area contributed by atoms with Crippen molar-refractivity contribution in [2.75, 3.05) is 13.6 Å². The molecule has 19 heavy (non-hydrogen) atoms. The normalized spacial score (nSPS) is 25.0. The summed E-state index contributed by atoms with van der Waals surface area (Å²) in [7, 11) is 2.19. The Bertz CT molecular complexity index is 657. The van der Waals surface area contributed by atoms with Crippen LogP contribution in [0, 0.1) is 11.7 Å². The van der Waals surface area contributed by atoms with Gasteiger partial charge in [0, 0.05) is 24.8 Å². The third-order valence-electron chi connectivity index (χ3n) is 4.24. The van der Waals surface area contributed by atoms with Crippen molar-refractivity contribution in [2.45, 2.75) is 38.8 Å². The first-order valence-corrected chi connectivity index (χ1v) is 7.24. The van der Waals surface area contributed by atoms with Gasteiger partial charge in [-0.2, -0.15) is 0 Å². The highest BCUT2D eigenvalue weighted by Gasteiger charge is 2.25. The maximum atomic E-state index is 5.50. The second-order valence-corrected chi connectivity index (χ2v) is 6.08. The molecule has 0 spiro atoms. The first-order valence-electron chi connectivity index (χ1n) is 6.83. The maximum absolute atomic E-state index is 5.50. The van der Waals surface area contributed by atoms with Crippen molar-refractivity contribution in [2.24, 2.45) is 0 Å². The van der Waals surface area contributed by atoms with Gasteiger partial charge in [-0.1, -0.05) is 0 Å². The highest BCUT2D eigenvalue weighted by atomic mass is 32.1. The van der Waals surface area contributed by atoms with Crippen LogP contribution in [0.3, 0.4) is 0 Å². The summed E-state index contributed by atoms with van der Waals surface area (Å²) in [5.41, 5.74) is 3.21. The van der Waals surface area contributed by atoms with Gasteiger partial charge in [0.2, 0.25) is 0 Å². The zero-order valence-corrected chi connectivity index (χ0v) is 12.5. The van der Waals surface area contributed by atoms with Crippen LogP contribution in [0.5, 0.6) is 0 Å². The number of likely N-dealkylation sites (tertiary alicyclic amines) is 1. The van der Waals surface area contributed by atoms with Crippen LogP contribution in [-0.4, -0.2) is 39.1 Å². The molecule has 3 rings (SSSR count). The van der Waals surface area contributed by atoms with Crippen molar-refractivity contribution in [1.82, 2.24) is 19.4 Å². The van der Waals surface area contributed by atoms with Crippen molar-refractivity contribution < 1.29 is 0 Å². The molecule has 2 unspecified atom stereocenters. The lowest BCUT2D eigenvalue weighted by Gasteiger charge is -2.35. The van der Waals surface area contributed by atoms with E-state index in [1.807, 2.05) is 6.20 Å². The molecule has 0 aromatic carbocycles. The predicted molar refractivity (Wildman–Crippen MR) is 80.0 cm³/mol. The number of aromatic amines is 1. The van der Waals surface area contributed by atoms with Crippen LogP contribution in [0.25, 0.3) is 11.2 Å². The number of hydrogen-bond donors (Lipinski definition) is 1. The standard InChI is InChI=1S/C14H20N4S/c1-9-6-12-13(15-8-9)18(14(19)16-12)11-4-5-17(3)10(2)7-11/h6,8,10-11H,4-5,7H2,1-3H3,(H,16,19). The van der Waals surface area contributed by atoms with Gasteiger partial charge in [-0.25, -0.2) is 4.98 Å². The minimum absolute atomic E-state index is 0.461. The minimum atomic E-state index is 0.461. The fourth-order valence-electron chi connectivity index (χ4n) is 2.96. The lowest BCUT2D eigenvalue weighted by molar-refractivity contribution is 0.158. The monoisotopic (exact) mass is 276 g/mol. The van der Waals surface area contributed by atoms with Crippen molar-refractivity contribution in [3.8, 4) is 0 Å². The molecule has 0 saturated carbocycles. The highest BCUT2D eigenvalue weighted by molar-refractivity contribution is 7.71. The van der Waals surface area contributed by atoms with Crippen LogP contribution in [0.4, 0.5) is 0 Å². The SMILES string of the molecule is Cc1cnc2c(c1)[nH]c(=S)n2C1CCN(C)C(C)C1. The van der Waals surface area contributed by atoms with Crippen LogP contribution < -0.4 is 0 Å². The van der Waals surface area contributed by atoms with Gasteiger partial charge < -0.3 is 9.88 Å². The average molecular weight is 276 g/mol. The van der Waals surface area contributed by atoms with Gasteiger partial charge in [0.25, 0.3) is 0 Å². The van der Waals surface area contributed by atoms with E-state index >= 15 is 0 Å². The van der Waals surface area contributed by atoms with E-state index in [0.29, 0.717) is 12.1 Å². The minimum Gasteiger partial charge on any atom is -0.329 e. The predicted octanol–water partition coefficient (Wildman–Crippen LogP) is 3.06. The molecule has 1 aliphatic heterocycles. The molecule has 1 saturated heterocycles. The Kier molecular flexibility index (Phi) is 3.19. The first kappa shape index (κ1) is 12.8. The summed E-state index contributed by atoms with van der Waals surface area (Å²) in [5, 5.41) is 0. The van der Waals surface area contributed by atoms with E-state index in [4.69, 9.17) is 12.2 Å². The summed E-state index contributed by atoms with van der Waals surface area (Å²) >= 11 is 5.50. The van der Waals surface area contributed by atoms with E-state index < -0.39 is 0 Å². The zero-order valence-electron chi connectivity index (χ0n) is 11.7. The number of fused-ring (bicyclic) bond motifs is 1. The molecule has 3 heterocycles. The van der Waals surface area contributed by atoms with Gasteiger partial charge in [-0.05, 0) is 57.6 Å². The molecule has 1 aliphatic rings. The number of aromatic nitrogens is 3. The number of piperidine rings is 1. The topological polar surface area (TPSA) is 36.9 Å². The van der Waals surface area contributed by atoms with Crippen LogP contribution in [0.1, 0.15) is 31.4 Å². The fourth-order valence-corrected chi connectivity index (χ4v) is 3.30. The Morgan fingerprint density at radius 1 is 1.47 bits per heavy atom. The highest BCUT2D eigenvalue weighted by Crippen LogP contribution is 2.29. The van der Waals surface area contributed by atoms with E-state index in [2.05, 4.69) is 46.4 Å². The Balaban J connectivity index is 2.05. The van der Waals surface area contributed by atoms with E-state index in [1.165, 1.54) is 0 Å². The number of nitrogens with one attached hydrogen (secondary N) is 1. The lowest BCUT2D eigenvalue weighted by Crippen LogP contribution is -2.38. The van der Waals surface area contributed by atoms with E-state index in [-0.39, 0.29) is 0 Å². The van der Waals surface area contributed by atoms with Gasteiger partial charge >= 0.3 is 0 Å². The number of pyridine rings is 1. The van der Waals surface area contributed by atoms with Crippen LogP contribution in [0.15, 0.2) is 12.3 Å². The summed E-state index contributed by atoms with van der Waals surface area (Å²) < 4.78 is 3.02. The van der Waals surface area contributed by atoms with Gasteiger partial charge in [-0.15, -0.1) is 0 Å². The molecule has 1 fully saturated rings. The molecular weight excluding hydrogens is 256 g/mol. The Hall–Kier alpha value is -1.20. The summed E-state index contributed by atoms with van der Waals surface area (Å²) in [4.78, 5) is 10.3. The largest absolute Gasteiger partial charge is 0.329 e. The number of aryl methyl sites for hydroxylation is 1. The average Bonchev–Trinajstić information content (AvgIpc) is 2.68. The molecule has 102 valence electrons. The molecule has 1 N–H and O–H groups in total. The van der Waals surface area contributed by atoms with Gasteiger partial charge in [-0.3, -0.25) is 4.57 Å². The van der Waals surface area contributed by atoms with Crippen LogP contribution >= 0.6 is 12.2 Å². The molecule has 0 amide bonds. The van der Waals surface area contributed by atoms with Crippen molar-refractivity contribution in [3.05, 3.63) is 22.6 Å². The van der Waals surface area contributed by atoms with Crippen molar-refractivity contribution in [3.63, 3.8) is 0 Å². The first-order chi connectivity index (χ1) is 9.06. The summed E-state index contributed by atoms with van der Waals surface area (Å²) in [6, 6.07) is 3.17. The number of imidazole rings is 1. The Labute approximate surface area is 118 Å². The third-order valence-corrected chi connectivity index (χ3v) is 4.54. The molecule has 0 radical (unpaired) electrons. The summed E-state index contributed by atoms with van der Waals surface area (Å²) in [6.45, 7) is 5.45. The summed E-state index contributed by atoms with van der Waals surface area (Å²) in [6.07, 6.45) is 4.19. The number of H-pyrrole nitrogens is 1. The van der Waals surface area contributed by atoms with E-state index in [9.17, 15) is 0 Å². The molecule has 4 nitrogen and oxygen atoms in total. The van der Waals surface area contributed by atoms with Crippen molar-refractivity contribution >= 4 is 23.4 Å². The lowest BCUT2D eigenvalue weighted by atomic mass is 9.99. The summed E-state index contributed by atoms with van der Waals surface area (Å²) in [5.74, 6) is 0. The fraction of sp³-hybridized carbons (Fsp3) is 0.571. The molecule has 0 bridgehead atoms. The van der Waals surface area contributed by atoms with E-state index in [0.717, 1.165) is 40.9 Å². The van der Waals surface area contributed by atoms with Crippen molar-refractivity contribution in [1.29, 1.82) is 0 Å². The van der Waals surface area contributed by atoms with E-state index in [1.54, 1.807) is 0 Å². The second kappa shape index (κ2) is 4.72. The molecule has 5 heteroatoms. The molecule has 2 atom stereocenters. The van der Waals surface area contributed by atoms with Gasteiger partial charge in [0.1, 0.15) is 0 Å². The van der Waals surface area contributed by atoms with Crippen LogP contribution in [-0.2, 0) is 0 Å². The smallest absolute Gasteiger partial charge is 0.179 e.